The van der Waals surface area contributed by atoms with Gasteiger partial charge in [-0.3, -0.25) is 9.59 Å². The molecule has 3 rings (SSSR count). The van der Waals surface area contributed by atoms with Crippen molar-refractivity contribution in [3.05, 3.63) is 83.8 Å². The van der Waals surface area contributed by atoms with Gasteiger partial charge in [-0.2, -0.15) is 0 Å². The maximum Gasteiger partial charge on any atom is 0.291 e. The highest BCUT2D eigenvalue weighted by Gasteiger charge is 2.08. The third-order valence-corrected chi connectivity index (χ3v) is 4.22. The Hall–Kier alpha value is -3.54. The molecule has 0 aliphatic carbocycles. The molecule has 2 N–H and O–H groups in total. The van der Waals surface area contributed by atoms with Gasteiger partial charge in [-0.05, 0) is 53.9 Å². The summed E-state index contributed by atoms with van der Waals surface area (Å²) < 4.78 is 10.2. The van der Waals surface area contributed by atoms with Gasteiger partial charge < -0.3 is 19.8 Å². The van der Waals surface area contributed by atoms with E-state index in [9.17, 15) is 9.59 Å². The lowest BCUT2D eigenvalue weighted by atomic mass is 10.1. The topological polar surface area (TPSA) is 80.6 Å². The Morgan fingerprint density at radius 2 is 1.82 bits per heavy atom. The third-order valence-electron chi connectivity index (χ3n) is 4.22. The Morgan fingerprint density at radius 1 is 1.00 bits per heavy atom. The van der Waals surface area contributed by atoms with Gasteiger partial charge in [0.05, 0.1) is 13.4 Å². The van der Waals surface area contributed by atoms with Crippen LogP contribution in [-0.2, 0) is 17.8 Å². The van der Waals surface area contributed by atoms with Crippen LogP contribution in [0.25, 0.3) is 0 Å². The fraction of sp³-hybridized carbons (Fsp3) is 0.182. The van der Waals surface area contributed by atoms with Crippen LogP contribution in [-0.4, -0.2) is 18.9 Å². The molecule has 0 saturated heterocycles. The van der Waals surface area contributed by atoms with Gasteiger partial charge in [-0.25, -0.2) is 0 Å². The van der Waals surface area contributed by atoms with Crippen LogP contribution in [0.4, 0.5) is 5.69 Å². The average molecular weight is 378 g/mol. The molecule has 0 aliphatic heterocycles. The number of nitrogens with one attached hydrogen (secondary N) is 2. The predicted molar refractivity (Wildman–Crippen MR) is 106 cm³/mol. The van der Waals surface area contributed by atoms with Crippen LogP contribution in [0.3, 0.4) is 0 Å². The molecule has 0 fully saturated rings. The minimum atomic E-state index is -0.302. The molecule has 0 bridgehead atoms. The summed E-state index contributed by atoms with van der Waals surface area (Å²) in [4.78, 5) is 24.0. The lowest BCUT2D eigenvalue weighted by Crippen LogP contribution is -2.23. The van der Waals surface area contributed by atoms with Gasteiger partial charge in [0.15, 0.2) is 5.76 Å². The van der Waals surface area contributed by atoms with E-state index in [0.29, 0.717) is 25.1 Å². The van der Waals surface area contributed by atoms with Crippen molar-refractivity contribution >= 4 is 17.5 Å². The van der Waals surface area contributed by atoms with Gasteiger partial charge in [-0.15, -0.1) is 0 Å². The molecule has 0 unspecified atom stereocenters. The third kappa shape index (κ3) is 5.48. The van der Waals surface area contributed by atoms with Crippen LogP contribution in [0.1, 0.15) is 28.1 Å². The second-order valence-corrected chi connectivity index (χ2v) is 6.26. The molecule has 1 heterocycles. The fourth-order valence-electron chi connectivity index (χ4n) is 2.68. The number of rotatable bonds is 8. The standard InChI is InChI=1S/C22H22N2O4/c1-27-19-5-2-4-16(14-19)9-12-21(25)23-15-17-7-10-18(11-8-17)24-22(26)20-6-3-13-28-20/h2-8,10-11,13-14H,9,12,15H2,1H3,(H,23,25)(H,24,26). The molecular weight excluding hydrogens is 356 g/mol. The molecule has 1 aromatic heterocycles. The second kappa shape index (κ2) is 9.41. The first kappa shape index (κ1) is 19.2. The predicted octanol–water partition coefficient (Wildman–Crippen LogP) is 3.79. The van der Waals surface area contributed by atoms with Crippen LogP contribution in [0, 0.1) is 0 Å². The number of benzene rings is 2. The number of furan rings is 1. The number of aryl methyl sites for hydroxylation is 1. The molecular formula is C22H22N2O4. The van der Waals surface area contributed by atoms with E-state index in [4.69, 9.17) is 9.15 Å². The highest BCUT2D eigenvalue weighted by Crippen LogP contribution is 2.14. The van der Waals surface area contributed by atoms with Crippen molar-refractivity contribution in [2.75, 3.05) is 12.4 Å². The Morgan fingerprint density at radius 3 is 2.54 bits per heavy atom. The summed E-state index contributed by atoms with van der Waals surface area (Å²) in [6.45, 7) is 0.434. The number of anilines is 1. The molecule has 2 aromatic carbocycles. The van der Waals surface area contributed by atoms with Crippen LogP contribution in [0.2, 0.25) is 0 Å². The fourth-order valence-corrected chi connectivity index (χ4v) is 2.68. The smallest absolute Gasteiger partial charge is 0.291 e. The van der Waals surface area contributed by atoms with E-state index in [0.717, 1.165) is 16.9 Å². The first-order valence-electron chi connectivity index (χ1n) is 8.97. The first-order chi connectivity index (χ1) is 13.6. The number of ether oxygens (including phenoxy) is 1. The van der Waals surface area contributed by atoms with Gasteiger partial charge in [-0.1, -0.05) is 24.3 Å². The molecule has 28 heavy (non-hydrogen) atoms. The zero-order valence-corrected chi connectivity index (χ0v) is 15.6. The Balaban J connectivity index is 1.43. The number of carbonyl (C=O) groups is 2. The molecule has 3 aromatic rings. The number of carbonyl (C=O) groups excluding carboxylic acids is 2. The van der Waals surface area contributed by atoms with E-state index in [2.05, 4.69) is 10.6 Å². The summed E-state index contributed by atoms with van der Waals surface area (Å²) in [5, 5.41) is 5.66. The summed E-state index contributed by atoms with van der Waals surface area (Å²) >= 11 is 0. The molecule has 6 nitrogen and oxygen atoms in total. The van der Waals surface area contributed by atoms with E-state index < -0.39 is 0 Å². The minimum absolute atomic E-state index is 0.0157. The van der Waals surface area contributed by atoms with Gasteiger partial charge in [0.1, 0.15) is 5.75 Å². The van der Waals surface area contributed by atoms with Gasteiger partial charge in [0.25, 0.3) is 5.91 Å². The van der Waals surface area contributed by atoms with E-state index in [-0.39, 0.29) is 17.6 Å². The Bertz CT molecular complexity index is 918. The number of hydrogen-bond donors (Lipinski definition) is 2. The lowest BCUT2D eigenvalue weighted by molar-refractivity contribution is -0.121. The molecule has 0 spiro atoms. The lowest BCUT2D eigenvalue weighted by Gasteiger charge is -2.08. The maximum absolute atomic E-state index is 12.1. The SMILES string of the molecule is COc1cccc(CCC(=O)NCc2ccc(NC(=O)c3ccco3)cc2)c1. The molecule has 0 saturated carbocycles. The number of amides is 2. The van der Waals surface area contributed by atoms with E-state index in [1.807, 2.05) is 36.4 Å². The van der Waals surface area contributed by atoms with Crippen LogP contribution < -0.4 is 15.4 Å². The molecule has 2 amide bonds. The first-order valence-corrected chi connectivity index (χ1v) is 8.97. The van der Waals surface area contributed by atoms with Gasteiger partial charge in [0, 0.05) is 18.7 Å². The van der Waals surface area contributed by atoms with Crippen molar-refractivity contribution in [2.24, 2.45) is 0 Å². The van der Waals surface area contributed by atoms with Gasteiger partial charge >= 0.3 is 0 Å². The Labute approximate surface area is 163 Å². The largest absolute Gasteiger partial charge is 0.497 e. The second-order valence-electron chi connectivity index (χ2n) is 6.26. The average Bonchev–Trinajstić information content (AvgIpc) is 3.27. The summed E-state index contributed by atoms with van der Waals surface area (Å²) in [5.41, 5.74) is 2.67. The van der Waals surface area contributed by atoms with Crippen LogP contribution in [0.15, 0.2) is 71.3 Å². The van der Waals surface area contributed by atoms with E-state index in [1.165, 1.54) is 6.26 Å². The Kier molecular flexibility index (Phi) is 6.46. The molecule has 0 atom stereocenters. The molecule has 0 radical (unpaired) electrons. The summed E-state index contributed by atoms with van der Waals surface area (Å²) in [5.74, 6) is 0.728. The van der Waals surface area contributed by atoms with Gasteiger partial charge in [0.2, 0.25) is 5.91 Å². The molecule has 0 aliphatic rings. The van der Waals surface area contributed by atoms with Crippen LogP contribution >= 0.6 is 0 Å². The van der Waals surface area contributed by atoms with E-state index in [1.54, 1.807) is 31.4 Å². The zero-order valence-electron chi connectivity index (χ0n) is 15.6. The maximum atomic E-state index is 12.1. The van der Waals surface area contributed by atoms with E-state index >= 15 is 0 Å². The minimum Gasteiger partial charge on any atom is -0.497 e. The number of hydrogen-bond acceptors (Lipinski definition) is 4. The zero-order chi connectivity index (χ0) is 19.8. The van der Waals surface area contributed by atoms with Crippen LogP contribution in [0.5, 0.6) is 5.75 Å². The molecule has 6 heteroatoms. The number of methoxy groups -OCH3 is 1. The summed E-state index contributed by atoms with van der Waals surface area (Å²) in [6, 6.07) is 18.3. The summed E-state index contributed by atoms with van der Waals surface area (Å²) in [6.07, 6.45) is 2.51. The van der Waals surface area contributed by atoms with Crippen molar-refractivity contribution in [2.45, 2.75) is 19.4 Å². The van der Waals surface area contributed by atoms with Crippen molar-refractivity contribution in [3.8, 4) is 5.75 Å². The normalized spacial score (nSPS) is 10.3. The highest BCUT2D eigenvalue weighted by atomic mass is 16.5. The van der Waals surface area contributed by atoms with Crippen molar-refractivity contribution in [3.63, 3.8) is 0 Å². The molecule has 144 valence electrons. The monoisotopic (exact) mass is 378 g/mol. The quantitative estimate of drug-likeness (QED) is 0.625. The van der Waals surface area contributed by atoms with Crippen molar-refractivity contribution in [1.82, 2.24) is 5.32 Å². The van der Waals surface area contributed by atoms with Crippen molar-refractivity contribution < 1.29 is 18.7 Å². The van der Waals surface area contributed by atoms with Crippen molar-refractivity contribution in [1.29, 1.82) is 0 Å². The highest BCUT2D eigenvalue weighted by molar-refractivity contribution is 6.02. The summed E-state index contributed by atoms with van der Waals surface area (Å²) in [7, 11) is 1.62.